The zero-order valence-corrected chi connectivity index (χ0v) is 19.0. The molecule has 1 aromatic heterocycles. The lowest BCUT2D eigenvalue weighted by Crippen LogP contribution is -2.30. The fraction of sp³-hybridized carbons (Fsp3) is 0.385. The zero-order chi connectivity index (χ0) is 22.6. The molecule has 5 nitrogen and oxygen atoms in total. The Morgan fingerprint density at radius 3 is 2.39 bits per heavy atom. The average molecular weight is 416 g/mol. The van der Waals surface area contributed by atoms with Gasteiger partial charge < -0.3 is 5.11 Å². The number of fused-ring (bicyclic) bond motifs is 1. The van der Waals surface area contributed by atoms with Gasteiger partial charge in [0, 0.05) is 28.7 Å². The second kappa shape index (κ2) is 7.16. The Morgan fingerprint density at radius 1 is 1.06 bits per heavy atom. The number of nitrogens with one attached hydrogen (secondary N) is 1. The molecule has 4 rings (SSSR count). The van der Waals surface area contributed by atoms with Crippen molar-refractivity contribution < 1.29 is 9.90 Å². The highest BCUT2D eigenvalue weighted by Gasteiger charge is 2.46. The molecule has 0 aromatic carbocycles. The monoisotopic (exact) mass is 415 g/mol. The summed E-state index contributed by atoms with van der Waals surface area (Å²) >= 11 is 0. The van der Waals surface area contributed by atoms with Gasteiger partial charge in [0.25, 0.3) is 5.91 Å². The second-order valence-corrected chi connectivity index (χ2v) is 10.3. The molecule has 5 heteroatoms. The Kier molecular flexibility index (Phi) is 4.85. The van der Waals surface area contributed by atoms with Crippen molar-refractivity contribution in [1.82, 2.24) is 15.1 Å². The molecule has 0 saturated carbocycles. The molecule has 1 atom stereocenters. The molecule has 2 heterocycles. The lowest BCUT2D eigenvalue weighted by atomic mass is 9.84. The van der Waals surface area contributed by atoms with Crippen molar-refractivity contribution in [3.8, 4) is 0 Å². The number of aliphatic hydroxyl groups excluding tert-OH is 1. The van der Waals surface area contributed by atoms with Crippen LogP contribution in [0.1, 0.15) is 75.8 Å². The van der Waals surface area contributed by atoms with Gasteiger partial charge in [-0.15, -0.1) is 0 Å². The van der Waals surface area contributed by atoms with Gasteiger partial charge in [-0.25, -0.2) is 0 Å². The summed E-state index contributed by atoms with van der Waals surface area (Å²) in [5.41, 5.74) is 11.0. The molecule has 0 bridgehead atoms. The highest BCUT2D eigenvalue weighted by molar-refractivity contribution is 6.00. The van der Waals surface area contributed by atoms with Crippen molar-refractivity contribution in [2.24, 2.45) is 5.41 Å². The first-order valence-corrected chi connectivity index (χ1v) is 10.6. The third-order valence-corrected chi connectivity index (χ3v) is 5.75. The lowest BCUT2D eigenvalue weighted by Gasteiger charge is -2.30. The van der Waals surface area contributed by atoms with Gasteiger partial charge in [0.1, 0.15) is 0 Å². The van der Waals surface area contributed by atoms with Crippen LogP contribution in [-0.4, -0.2) is 26.1 Å². The minimum Gasteiger partial charge on any atom is -0.512 e. The average Bonchev–Trinajstić information content (AvgIpc) is 3.15. The zero-order valence-electron chi connectivity index (χ0n) is 19.0. The Labute approximate surface area is 183 Å². The fourth-order valence-corrected chi connectivity index (χ4v) is 4.13. The van der Waals surface area contributed by atoms with E-state index in [1.54, 1.807) is 11.0 Å². The van der Waals surface area contributed by atoms with Crippen LogP contribution in [0.2, 0.25) is 0 Å². The molecule has 2 aliphatic carbocycles. The molecule has 0 radical (unpaired) electrons. The molecular weight excluding hydrogens is 386 g/mol. The number of hydrogen-bond acceptors (Lipinski definition) is 3. The molecule has 1 aliphatic heterocycles. The molecule has 160 valence electrons. The van der Waals surface area contributed by atoms with Crippen molar-refractivity contribution >= 4 is 5.91 Å². The molecular formula is C26H29N3O2. The number of aliphatic hydroxyl groups is 1. The first kappa shape index (κ1) is 21.0. The van der Waals surface area contributed by atoms with Crippen LogP contribution in [0.15, 0.2) is 70.5 Å². The summed E-state index contributed by atoms with van der Waals surface area (Å²) in [4.78, 5) is 15.3. The van der Waals surface area contributed by atoms with Crippen molar-refractivity contribution in [2.45, 2.75) is 59.4 Å². The molecule has 1 unspecified atom stereocenters. The molecule has 1 aromatic rings. The van der Waals surface area contributed by atoms with E-state index in [2.05, 4.69) is 63.2 Å². The van der Waals surface area contributed by atoms with Gasteiger partial charge >= 0.3 is 0 Å². The molecule has 0 fully saturated rings. The number of allylic oxidation sites excluding steroid dienone is 8. The van der Waals surface area contributed by atoms with E-state index in [0.29, 0.717) is 17.8 Å². The standard InChI is InChI=1S/C26H29N3O2/c1-25(2,3)17-11-13-18(14-12-17)29-22(16-9-7-8-10-19(30)15-16)20-21(24(29)31)27-28-23(20)26(4,5)6/h7-11,13,22,30H,15H2,1-6H3,(H,27,28). The summed E-state index contributed by atoms with van der Waals surface area (Å²) in [5.74, 6) is 0.0952. The van der Waals surface area contributed by atoms with Crippen LogP contribution in [-0.2, 0) is 5.41 Å². The van der Waals surface area contributed by atoms with Crippen LogP contribution in [0, 0.1) is 5.41 Å². The van der Waals surface area contributed by atoms with Gasteiger partial charge in [-0.2, -0.15) is 5.10 Å². The van der Waals surface area contributed by atoms with E-state index in [-0.39, 0.29) is 28.5 Å². The summed E-state index contributed by atoms with van der Waals surface area (Å²) in [7, 11) is 0. The van der Waals surface area contributed by atoms with Crippen LogP contribution in [0.25, 0.3) is 0 Å². The maximum Gasteiger partial charge on any atom is 0.280 e. The highest BCUT2D eigenvalue weighted by atomic mass is 16.3. The van der Waals surface area contributed by atoms with Crippen molar-refractivity contribution in [2.75, 3.05) is 0 Å². The summed E-state index contributed by atoms with van der Waals surface area (Å²) in [6.45, 7) is 12.7. The van der Waals surface area contributed by atoms with Crippen molar-refractivity contribution in [3.05, 3.63) is 87.5 Å². The smallest absolute Gasteiger partial charge is 0.280 e. The number of hydrogen-bond donors (Lipinski definition) is 2. The molecule has 3 aliphatic rings. The van der Waals surface area contributed by atoms with E-state index in [0.717, 1.165) is 22.4 Å². The Bertz CT molecular complexity index is 1180. The van der Waals surface area contributed by atoms with E-state index in [1.807, 2.05) is 30.4 Å². The number of amides is 1. The maximum atomic E-state index is 13.5. The second-order valence-electron chi connectivity index (χ2n) is 10.3. The lowest BCUT2D eigenvalue weighted by molar-refractivity contribution is 0.0801. The minimum atomic E-state index is -0.376. The van der Waals surface area contributed by atoms with Crippen LogP contribution in [0.4, 0.5) is 0 Å². The van der Waals surface area contributed by atoms with Gasteiger partial charge in [-0.05, 0) is 34.9 Å². The quantitative estimate of drug-likeness (QED) is 0.608. The molecule has 31 heavy (non-hydrogen) atoms. The van der Waals surface area contributed by atoms with Gasteiger partial charge in [0.2, 0.25) is 0 Å². The number of aromatic nitrogens is 2. The van der Waals surface area contributed by atoms with Crippen LogP contribution in [0.3, 0.4) is 0 Å². The minimum absolute atomic E-state index is 0.0545. The molecule has 0 saturated heterocycles. The summed E-state index contributed by atoms with van der Waals surface area (Å²) in [6, 6.07) is -0.376. The van der Waals surface area contributed by atoms with Crippen LogP contribution in [0.5, 0.6) is 0 Å². The fourth-order valence-electron chi connectivity index (χ4n) is 4.13. The Morgan fingerprint density at radius 2 is 1.77 bits per heavy atom. The highest BCUT2D eigenvalue weighted by Crippen LogP contribution is 2.46. The van der Waals surface area contributed by atoms with Crippen LogP contribution >= 0.6 is 0 Å². The normalized spacial score (nSPS) is 20.9. The predicted molar refractivity (Wildman–Crippen MR) is 121 cm³/mol. The van der Waals surface area contributed by atoms with E-state index in [4.69, 9.17) is 0 Å². The maximum absolute atomic E-state index is 13.5. The van der Waals surface area contributed by atoms with E-state index >= 15 is 0 Å². The summed E-state index contributed by atoms with van der Waals surface area (Å²) in [5, 5.41) is 17.8. The number of aromatic amines is 1. The Balaban J connectivity index is 1.92. The van der Waals surface area contributed by atoms with Gasteiger partial charge in [0.15, 0.2) is 5.69 Å². The SMILES string of the molecule is CC(C)(C)C1=C=C=C(N2C(=O)c3n[nH]c(C(C)(C)C)c3C2C2=CC=CC=C(O)C2)C=C1. The van der Waals surface area contributed by atoms with Crippen molar-refractivity contribution in [3.63, 3.8) is 0 Å². The summed E-state index contributed by atoms with van der Waals surface area (Å²) in [6.07, 6.45) is 11.7. The first-order valence-electron chi connectivity index (χ1n) is 10.6. The van der Waals surface area contributed by atoms with E-state index in [9.17, 15) is 9.90 Å². The number of rotatable bonds is 2. The van der Waals surface area contributed by atoms with Crippen molar-refractivity contribution in [1.29, 1.82) is 0 Å². The van der Waals surface area contributed by atoms with Gasteiger partial charge in [-0.3, -0.25) is 14.8 Å². The number of H-pyrrole nitrogens is 1. The topological polar surface area (TPSA) is 69.2 Å². The predicted octanol–water partition coefficient (Wildman–Crippen LogP) is 5.71. The largest absolute Gasteiger partial charge is 0.512 e. The number of carbonyl (C=O) groups is 1. The molecule has 0 spiro atoms. The molecule has 2 N–H and O–H groups in total. The van der Waals surface area contributed by atoms with E-state index < -0.39 is 0 Å². The molecule has 1 amide bonds. The van der Waals surface area contributed by atoms with Crippen LogP contribution < -0.4 is 0 Å². The third kappa shape index (κ3) is 3.67. The number of nitrogens with zero attached hydrogens (tertiary/aromatic N) is 2. The Hall–Kier alpha value is -3.26. The van der Waals surface area contributed by atoms with E-state index in [1.165, 1.54) is 0 Å². The van der Waals surface area contributed by atoms with Gasteiger partial charge in [0.05, 0.1) is 17.5 Å². The first-order chi connectivity index (χ1) is 14.5. The summed E-state index contributed by atoms with van der Waals surface area (Å²) < 4.78 is 0. The van der Waals surface area contributed by atoms with Gasteiger partial charge in [-0.1, -0.05) is 65.5 Å². The number of carbonyl (C=O) groups excluding carboxylic acids is 1. The third-order valence-electron chi connectivity index (χ3n) is 5.75.